The second-order valence-electron chi connectivity index (χ2n) is 5.35. The molecule has 1 N–H and O–H groups in total. The molecule has 4 heteroatoms. The summed E-state index contributed by atoms with van der Waals surface area (Å²) in [7, 11) is 1.64. The van der Waals surface area contributed by atoms with Gasteiger partial charge in [-0.05, 0) is 36.8 Å². The van der Waals surface area contributed by atoms with Crippen LogP contribution in [0, 0.1) is 6.92 Å². The Bertz CT molecular complexity index is 575. The number of nitrogens with one attached hydrogen (secondary N) is 1. The molecule has 0 saturated carbocycles. The number of benzene rings is 1. The number of aryl methyl sites for hydroxylation is 1. The Balaban J connectivity index is 1.94. The highest BCUT2D eigenvalue weighted by atomic mass is 16.5. The quantitative estimate of drug-likeness (QED) is 0.844. The molecule has 0 aliphatic rings. The van der Waals surface area contributed by atoms with Gasteiger partial charge in [0.1, 0.15) is 18.1 Å². The van der Waals surface area contributed by atoms with E-state index in [0.717, 1.165) is 35.1 Å². The number of ether oxygens (including phenoxy) is 2. The van der Waals surface area contributed by atoms with E-state index in [4.69, 9.17) is 13.9 Å². The van der Waals surface area contributed by atoms with Gasteiger partial charge < -0.3 is 19.2 Å². The molecule has 0 radical (unpaired) electrons. The third-order valence-electron chi connectivity index (χ3n) is 3.09. The van der Waals surface area contributed by atoms with Crippen molar-refractivity contribution in [2.24, 2.45) is 0 Å². The van der Waals surface area contributed by atoms with Crippen LogP contribution in [0.2, 0.25) is 0 Å². The highest BCUT2D eigenvalue weighted by Gasteiger charge is 2.07. The molecule has 0 atom stereocenters. The van der Waals surface area contributed by atoms with Gasteiger partial charge in [-0.15, -0.1) is 0 Å². The van der Waals surface area contributed by atoms with Gasteiger partial charge in [-0.25, -0.2) is 0 Å². The van der Waals surface area contributed by atoms with Crippen LogP contribution in [0.3, 0.4) is 0 Å². The fourth-order valence-electron chi connectivity index (χ4n) is 1.94. The molecule has 0 saturated heterocycles. The van der Waals surface area contributed by atoms with E-state index in [1.54, 1.807) is 7.11 Å². The number of hydrogen-bond donors (Lipinski definition) is 1. The maximum atomic E-state index is 5.77. The third-order valence-corrected chi connectivity index (χ3v) is 3.09. The Labute approximate surface area is 126 Å². The van der Waals surface area contributed by atoms with Crippen LogP contribution in [0.5, 0.6) is 11.5 Å². The zero-order valence-corrected chi connectivity index (χ0v) is 13.1. The van der Waals surface area contributed by atoms with E-state index in [-0.39, 0.29) is 0 Å². The Morgan fingerprint density at radius 1 is 1.10 bits per heavy atom. The Morgan fingerprint density at radius 2 is 1.86 bits per heavy atom. The maximum absolute atomic E-state index is 5.77. The molecule has 0 amide bonds. The molecule has 2 rings (SSSR count). The normalized spacial score (nSPS) is 10.9. The number of methoxy groups -OCH3 is 1. The van der Waals surface area contributed by atoms with Gasteiger partial charge in [0.25, 0.3) is 0 Å². The molecule has 0 aliphatic carbocycles. The zero-order chi connectivity index (χ0) is 15.2. The summed E-state index contributed by atoms with van der Waals surface area (Å²) >= 11 is 0. The van der Waals surface area contributed by atoms with Gasteiger partial charge >= 0.3 is 0 Å². The van der Waals surface area contributed by atoms with Crippen molar-refractivity contribution in [1.82, 2.24) is 5.32 Å². The lowest BCUT2D eigenvalue weighted by atomic mass is 10.2. The van der Waals surface area contributed by atoms with Gasteiger partial charge in [0.15, 0.2) is 11.5 Å². The van der Waals surface area contributed by atoms with E-state index in [0.29, 0.717) is 12.6 Å². The molecule has 1 heterocycles. The summed E-state index contributed by atoms with van der Waals surface area (Å²) in [4.78, 5) is 0. The molecule has 2 aromatic rings. The van der Waals surface area contributed by atoms with Gasteiger partial charge in [0, 0.05) is 6.04 Å². The minimum atomic E-state index is 0.390. The first-order valence-corrected chi connectivity index (χ1v) is 7.17. The lowest BCUT2D eigenvalue weighted by Gasteiger charge is -2.10. The van der Waals surface area contributed by atoms with Gasteiger partial charge in [0.05, 0.1) is 13.7 Å². The fourth-order valence-corrected chi connectivity index (χ4v) is 1.94. The summed E-state index contributed by atoms with van der Waals surface area (Å²) in [6.07, 6.45) is 0. The van der Waals surface area contributed by atoms with Gasteiger partial charge in [-0.2, -0.15) is 0 Å². The lowest BCUT2D eigenvalue weighted by Crippen LogP contribution is -2.21. The van der Waals surface area contributed by atoms with Gasteiger partial charge in [-0.3, -0.25) is 0 Å². The SMILES string of the molecule is COc1cc(C)ccc1OCc1ccc(CNC(C)C)o1. The first-order chi connectivity index (χ1) is 10.1. The Hall–Kier alpha value is -1.94. The monoisotopic (exact) mass is 289 g/mol. The summed E-state index contributed by atoms with van der Waals surface area (Å²) in [5.41, 5.74) is 1.14. The van der Waals surface area contributed by atoms with E-state index < -0.39 is 0 Å². The molecule has 0 aliphatic heterocycles. The minimum absolute atomic E-state index is 0.390. The minimum Gasteiger partial charge on any atom is -0.493 e. The van der Waals surface area contributed by atoms with Crippen molar-refractivity contribution in [3.05, 3.63) is 47.4 Å². The molecule has 1 aromatic carbocycles. The largest absolute Gasteiger partial charge is 0.493 e. The summed E-state index contributed by atoms with van der Waals surface area (Å²) in [5, 5.41) is 3.32. The predicted octanol–water partition coefficient (Wildman–Crippen LogP) is 3.67. The smallest absolute Gasteiger partial charge is 0.161 e. The highest BCUT2D eigenvalue weighted by Crippen LogP contribution is 2.28. The topological polar surface area (TPSA) is 43.6 Å². The average molecular weight is 289 g/mol. The van der Waals surface area contributed by atoms with Gasteiger partial charge in [0.2, 0.25) is 0 Å². The van der Waals surface area contributed by atoms with Crippen LogP contribution in [0.4, 0.5) is 0 Å². The van der Waals surface area contributed by atoms with Crippen molar-refractivity contribution < 1.29 is 13.9 Å². The average Bonchev–Trinajstić information content (AvgIpc) is 2.91. The first kappa shape index (κ1) is 15.4. The molecular formula is C17H23NO3. The molecule has 0 spiro atoms. The van der Waals surface area contributed by atoms with E-state index >= 15 is 0 Å². The Morgan fingerprint density at radius 3 is 2.57 bits per heavy atom. The van der Waals surface area contributed by atoms with Crippen LogP contribution in [-0.4, -0.2) is 13.2 Å². The fraction of sp³-hybridized carbons (Fsp3) is 0.412. The number of rotatable bonds is 7. The van der Waals surface area contributed by atoms with Crippen LogP contribution in [0.15, 0.2) is 34.7 Å². The van der Waals surface area contributed by atoms with Crippen LogP contribution in [0.25, 0.3) is 0 Å². The third kappa shape index (κ3) is 4.53. The van der Waals surface area contributed by atoms with Crippen molar-refractivity contribution in [2.45, 2.75) is 40.0 Å². The molecule has 0 bridgehead atoms. The number of furan rings is 1. The van der Waals surface area contributed by atoms with Crippen LogP contribution >= 0.6 is 0 Å². The summed E-state index contributed by atoms with van der Waals surface area (Å²) in [5.74, 6) is 3.18. The van der Waals surface area contributed by atoms with Crippen molar-refractivity contribution in [2.75, 3.05) is 7.11 Å². The molecule has 4 nitrogen and oxygen atoms in total. The molecule has 1 aromatic heterocycles. The predicted molar refractivity (Wildman–Crippen MR) is 82.7 cm³/mol. The van der Waals surface area contributed by atoms with Crippen LogP contribution < -0.4 is 14.8 Å². The molecule has 114 valence electrons. The van der Waals surface area contributed by atoms with Crippen molar-refractivity contribution >= 4 is 0 Å². The Kier molecular flexibility index (Phi) is 5.28. The molecular weight excluding hydrogens is 266 g/mol. The second kappa shape index (κ2) is 7.18. The second-order valence-corrected chi connectivity index (χ2v) is 5.35. The van der Waals surface area contributed by atoms with E-state index in [2.05, 4.69) is 19.2 Å². The lowest BCUT2D eigenvalue weighted by molar-refractivity contribution is 0.251. The summed E-state index contributed by atoms with van der Waals surface area (Å²) < 4.78 is 16.8. The van der Waals surface area contributed by atoms with Crippen molar-refractivity contribution in [3.63, 3.8) is 0 Å². The standard InChI is InChI=1S/C17H23NO3/c1-12(2)18-10-14-6-7-15(21-14)11-20-16-8-5-13(3)9-17(16)19-4/h5-9,12,18H,10-11H2,1-4H3. The number of hydrogen-bond acceptors (Lipinski definition) is 4. The van der Waals surface area contributed by atoms with Gasteiger partial charge in [-0.1, -0.05) is 19.9 Å². The molecule has 21 heavy (non-hydrogen) atoms. The first-order valence-electron chi connectivity index (χ1n) is 7.17. The van der Waals surface area contributed by atoms with Crippen LogP contribution in [0.1, 0.15) is 30.9 Å². The van der Waals surface area contributed by atoms with E-state index in [1.165, 1.54) is 0 Å². The van der Waals surface area contributed by atoms with Crippen LogP contribution in [-0.2, 0) is 13.2 Å². The summed E-state index contributed by atoms with van der Waals surface area (Å²) in [6.45, 7) is 7.35. The summed E-state index contributed by atoms with van der Waals surface area (Å²) in [6, 6.07) is 10.2. The maximum Gasteiger partial charge on any atom is 0.161 e. The van der Waals surface area contributed by atoms with E-state index in [9.17, 15) is 0 Å². The van der Waals surface area contributed by atoms with Crippen molar-refractivity contribution in [3.8, 4) is 11.5 Å². The zero-order valence-electron chi connectivity index (χ0n) is 13.1. The molecule has 0 fully saturated rings. The van der Waals surface area contributed by atoms with Crippen molar-refractivity contribution in [1.29, 1.82) is 0 Å². The highest BCUT2D eigenvalue weighted by molar-refractivity contribution is 5.42. The van der Waals surface area contributed by atoms with E-state index in [1.807, 2.05) is 37.3 Å². The molecule has 0 unspecified atom stereocenters.